The Morgan fingerprint density at radius 1 is 1.35 bits per heavy atom. The number of aliphatic imine (C=N–C) groups is 1. The zero-order valence-corrected chi connectivity index (χ0v) is 18.1. The molecule has 9 heteroatoms. The molecule has 2 N–H and O–H groups in total. The average molecular weight is 425 g/mol. The molecule has 3 rings (SSSR count). The Balaban J connectivity index is 1.96. The van der Waals surface area contributed by atoms with E-state index in [-0.39, 0.29) is 18.1 Å². The number of nitrogens with zero attached hydrogens (tertiary/aromatic N) is 4. The molecule has 0 fully saturated rings. The van der Waals surface area contributed by atoms with Crippen molar-refractivity contribution in [1.29, 1.82) is 0 Å². The van der Waals surface area contributed by atoms with Crippen molar-refractivity contribution in [2.75, 3.05) is 16.3 Å². The van der Waals surface area contributed by atoms with E-state index in [1.165, 1.54) is 13.1 Å². The topological polar surface area (TPSA) is 114 Å². The molecule has 1 aromatic heterocycles. The van der Waals surface area contributed by atoms with E-state index in [1.807, 2.05) is 25.1 Å². The van der Waals surface area contributed by atoms with Gasteiger partial charge in [-0.2, -0.15) is 0 Å². The molecule has 0 aliphatic carbocycles. The van der Waals surface area contributed by atoms with E-state index < -0.39 is 6.09 Å². The predicted molar refractivity (Wildman–Crippen MR) is 119 cm³/mol. The number of benzene rings is 1. The first-order chi connectivity index (χ1) is 14.8. The highest BCUT2D eigenvalue weighted by Crippen LogP contribution is 2.38. The van der Waals surface area contributed by atoms with E-state index in [1.54, 1.807) is 42.1 Å². The van der Waals surface area contributed by atoms with Gasteiger partial charge >= 0.3 is 6.09 Å². The molecule has 1 atom stereocenters. The van der Waals surface area contributed by atoms with Crippen molar-refractivity contribution in [3.63, 3.8) is 0 Å². The van der Waals surface area contributed by atoms with Gasteiger partial charge in [-0.1, -0.05) is 11.2 Å². The maximum absolute atomic E-state index is 12.8. The lowest BCUT2D eigenvalue weighted by atomic mass is 10.0. The summed E-state index contributed by atoms with van der Waals surface area (Å²) >= 11 is 0. The maximum Gasteiger partial charge on any atom is 0.414 e. The number of hydrogen-bond acceptors (Lipinski definition) is 7. The van der Waals surface area contributed by atoms with Crippen LogP contribution < -0.4 is 15.5 Å². The standard InChI is InChI=1S/C22H27N5O4/c1-14(2)30-22(29)26-13-15(3)27(16(4)28)20-6-5-17(9-21(20)26)18(10-23)11-24-12-19-7-8-25-31-19/h5-11,14-15H,12-13,23H2,1-4H3/t15-/m0/s1. The molecule has 0 unspecified atom stereocenters. The molecule has 0 radical (unpaired) electrons. The number of carbonyl (C=O) groups is 2. The summed E-state index contributed by atoms with van der Waals surface area (Å²) in [6, 6.07) is 7.02. The van der Waals surface area contributed by atoms with E-state index in [2.05, 4.69) is 10.1 Å². The highest BCUT2D eigenvalue weighted by atomic mass is 16.6. The molecule has 31 heavy (non-hydrogen) atoms. The maximum atomic E-state index is 12.8. The van der Waals surface area contributed by atoms with Gasteiger partial charge in [0, 0.05) is 37.5 Å². The summed E-state index contributed by atoms with van der Waals surface area (Å²) in [4.78, 5) is 32.6. The van der Waals surface area contributed by atoms with Gasteiger partial charge in [0.15, 0.2) is 5.76 Å². The van der Waals surface area contributed by atoms with Gasteiger partial charge in [-0.25, -0.2) is 4.79 Å². The summed E-state index contributed by atoms with van der Waals surface area (Å²) in [5.74, 6) is 0.536. The van der Waals surface area contributed by atoms with Crippen molar-refractivity contribution in [2.24, 2.45) is 10.7 Å². The summed E-state index contributed by atoms with van der Waals surface area (Å²) in [5, 5.41) is 3.65. The van der Waals surface area contributed by atoms with Crippen LogP contribution in [0.15, 0.2) is 46.2 Å². The van der Waals surface area contributed by atoms with Crippen LogP contribution in [0.4, 0.5) is 16.2 Å². The minimum atomic E-state index is -0.458. The number of allylic oxidation sites excluding steroid dienone is 1. The number of hydrogen-bond donors (Lipinski definition) is 1. The van der Waals surface area contributed by atoms with Crippen LogP contribution in [-0.4, -0.2) is 42.1 Å². The normalized spacial score (nSPS) is 16.7. The lowest BCUT2D eigenvalue weighted by Gasteiger charge is -2.40. The summed E-state index contributed by atoms with van der Waals surface area (Å²) in [7, 11) is 0. The lowest BCUT2D eigenvalue weighted by molar-refractivity contribution is -0.117. The predicted octanol–water partition coefficient (Wildman–Crippen LogP) is 3.35. The van der Waals surface area contributed by atoms with Gasteiger partial charge in [-0.15, -0.1) is 0 Å². The number of carbonyl (C=O) groups excluding carboxylic acids is 2. The van der Waals surface area contributed by atoms with Gasteiger partial charge in [0.25, 0.3) is 0 Å². The van der Waals surface area contributed by atoms with Gasteiger partial charge < -0.3 is 19.9 Å². The van der Waals surface area contributed by atoms with Crippen LogP contribution in [0, 0.1) is 0 Å². The number of rotatable bonds is 5. The molecule has 0 bridgehead atoms. The first kappa shape index (κ1) is 22.1. The molecule has 1 aromatic carbocycles. The van der Waals surface area contributed by atoms with Crippen LogP contribution in [0.2, 0.25) is 0 Å². The summed E-state index contributed by atoms with van der Waals surface area (Å²) in [6.07, 6.45) is 3.91. The second-order valence-electron chi connectivity index (χ2n) is 7.56. The summed E-state index contributed by atoms with van der Waals surface area (Å²) < 4.78 is 10.5. The van der Waals surface area contributed by atoms with Crippen LogP contribution in [-0.2, 0) is 16.1 Å². The molecule has 2 amide bonds. The monoisotopic (exact) mass is 425 g/mol. The fourth-order valence-electron chi connectivity index (χ4n) is 3.49. The van der Waals surface area contributed by atoms with Gasteiger partial charge in [-0.05, 0) is 38.5 Å². The summed E-state index contributed by atoms with van der Waals surface area (Å²) in [5.41, 5.74) is 8.48. The van der Waals surface area contributed by atoms with Crippen molar-refractivity contribution in [2.45, 2.75) is 46.4 Å². The highest BCUT2D eigenvalue weighted by Gasteiger charge is 2.34. The molecule has 0 saturated carbocycles. The van der Waals surface area contributed by atoms with E-state index >= 15 is 0 Å². The first-order valence-corrected chi connectivity index (χ1v) is 10.1. The van der Waals surface area contributed by atoms with Crippen LogP contribution in [0.5, 0.6) is 0 Å². The molecular formula is C22H27N5O4. The third kappa shape index (κ3) is 4.93. The molecule has 1 aliphatic heterocycles. The lowest BCUT2D eigenvalue weighted by Crippen LogP contribution is -2.51. The van der Waals surface area contributed by atoms with Crippen LogP contribution in [0.1, 0.15) is 39.0 Å². The molecule has 1 aliphatic rings. The van der Waals surface area contributed by atoms with E-state index in [0.29, 0.717) is 35.8 Å². The van der Waals surface area contributed by atoms with E-state index in [4.69, 9.17) is 15.0 Å². The molecule has 0 spiro atoms. The number of anilines is 2. The van der Waals surface area contributed by atoms with Crippen LogP contribution >= 0.6 is 0 Å². The Morgan fingerprint density at radius 3 is 2.74 bits per heavy atom. The third-order valence-corrected chi connectivity index (χ3v) is 4.79. The zero-order chi connectivity index (χ0) is 22.5. The quantitative estimate of drug-likeness (QED) is 0.735. The Kier molecular flexibility index (Phi) is 6.74. The third-order valence-electron chi connectivity index (χ3n) is 4.79. The van der Waals surface area contributed by atoms with Crippen molar-refractivity contribution < 1.29 is 18.8 Å². The minimum absolute atomic E-state index is 0.0958. The van der Waals surface area contributed by atoms with Crippen molar-refractivity contribution in [3.8, 4) is 0 Å². The van der Waals surface area contributed by atoms with Gasteiger partial charge in [0.05, 0.1) is 36.3 Å². The van der Waals surface area contributed by atoms with Crippen LogP contribution in [0.3, 0.4) is 0 Å². The van der Waals surface area contributed by atoms with Crippen molar-refractivity contribution >= 4 is 35.2 Å². The average Bonchev–Trinajstić information content (AvgIpc) is 3.23. The molecule has 0 saturated heterocycles. The highest BCUT2D eigenvalue weighted by molar-refractivity contribution is 6.11. The molecule has 2 aromatic rings. The van der Waals surface area contributed by atoms with Crippen molar-refractivity contribution in [1.82, 2.24) is 5.16 Å². The van der Waals surface area contributed by atoms with Crippen molar-refractivity contribution in [3.05, 3.63) is 48.0 Å². The van der Waals surface area contributed by atoms with Gasteiger partial charge in [0.1, 0.15) is 0 Å². The summed E-state index contributed by atoms with van der Waals surface area (Å²) in [6.45, 7) is 7.65. The Morgan fingerprint density at radius 2 is 2.13 bits per heavy atom. The minimum Gasteiger partial charge on any atom is -0.446 e. The first-order valence-electron chi connectivity index (χ1n) is 10.1. The fourth-order valence-corrected chi connectivity index (χ4v) is 3.49. The van der Waals surface area contributed by atoms with Gasteiger partial charge in [-0.3, -0.25) is 14.7 Å². The van der Waals surface area contributed by atoms with Gasteiger partial charge in [0.2, 0.25) is 5.91 Å². The molecule has 2 heterocycles. The Hall–Kier alpha value is -3.62. The number of aromatic nitrogens is 1. The number of nitrogens with two attached hydrogens (primary N) is 1. The van der Waals surface area contributed by atoms with E-state index in [0.717, 1.165) is 5.56 Å². The second-order valence-corrected chi connectivity index (χ2v) is 7.56. The zero-order valence-electron chi connectivity index (χ0n) is 18.1. The fraction of sp³-hybridized carbons (Fsp3) is 0.364. The number of amides is 2. The van der Waals surface area contributed by atoms with E-state index in [9.17, 15) is 9.59 Å². The largest absolute Gasteiger partial charge is 0.446 e. The smallest absolute Gasteiger partial charge is 0.414 e. The SMILES string of the molecule is CC(=O)N1c2ccc(C(C=NCc3ccno3)=CN)cc2N(C(=O)OC(C)C)C[C@@H]1C. The molecule has 9 nitrogen and oxygen atoms in total. The molecule has 164 valence electrons. The molecular weight excluding hydrogens is 398 g/mol. The Labute approximate surface area is 181 Å². The number of fused-ring (bicyclic) bond motifs is 1. The number of ether oxygens (including phenoxy) is 1. The van der Waals surface area contributed by atoms with Crippen LogP contribution in [0.25, 0.3) is 5.57 Å². The Bertz CT molecular complexity index is 997. The second kappa shape index (κ2) is 9.46.